The number of alkyl halides is 2. The molecule has 1 heterocycles. The fraction of sp³-hybridized carbons (Fsp3) is 0.391. The smallest absolute Gasteiger partial charge is 0.337 e. The number of aryl methyl sites for hydroxylation is 1. The molecule has 1 N–H and O–H groups in total. The number of carbonyl (C=O) groups is 2. The van der Waals surface area contributed by atoms with E-state index in [9.17, 15) is 27.2 Å². The summed E-state index contributed by atoms with van der Waals surface area (Å²) in [5, 5.41) is 2.46. The number of halogens is 4. The predicted molar refractivity (Wildman–Crippen MR) is 109 cm³/mol. The second-order valence-corrected chi connectivity index (χ2v) is 8.64. The molecule has 1 aliphatic heterocycles. The maximum atomic E-state index is 15.0. The maximum absolute atomic E-state index is 15.0. The van der Waals surface area contributed by atoms with E-state index < -0.39 is 34.9 Å². The molecule has 3 rings (SSSR count). The van der Waals surface area contributed by atoms with Crippen molar-refractivity contribution < 1.29 is 27.2 Å². The van der Waals surface area contributed by atoms with Crippen molar-refractivity contribution in [2.24, 2.45) is 5.41 Å². The lowest BCUT2D eigenvalue weighted by molar-refractivity contribution is -0.161. The monoisotopic (exact) mass is 436 g/mol. The van der Waals surface area contributed by atoms with Crippen molar-refractivity contribution >= 4 is 17.5 Å². The highest BCUT2D eigenvalue weighted by atomic mass is 19.3. The zero-order valence-electron chi connectivity index (χ0n) is 17.6. The summed E-state index contributed by atoms with van der Waals surface area (Å²) in [6.45, 7) is 5.82. The Morgan fingerprint density at radius 1 is 1.00 bits per heavy atom. The van der Waals surface area contributed by atoms with E-state index in [1.807, 2.05) is 13.8 Å². The summed E-state index contributed by atoms with van der Waals surface area (Å²) in [5.41, 5.74) is -0.891. The number of nitrogens with one attached hydrogen (secondary N) is 1. The highest BCUT2D eigenvalue weighted by Crippen LogP contribution is 2.36. The van der Waals surface area contributed by atoms with Gasteiger partial charge >= 0.3 is 5.92 Å². The van der Waals surface area contributed by atoms with Crippen LogP contribution in [0, 0.1) is 24.0 Å². The van der Waals surface area contributed by atoms with Crippen molar-refractivity contribution in [3.63, 3.8) is 0 Å². The average Bonchev–Trinajstić information content (AvgIpc) is 2.70. The van der Waals surface area contributed by atoms with Gasteiger partial charge in [-0.25, -0.2) is 8.78 Å². The van der Waals surface area contributed by atoms with E-state index >= 15 is 0 Å². The largest absolute Gasteiger partial charge is 0.352 e. The summed E-state index contributed by atoms with van der Waals surface area (Å²) in [5.74, 6) is -8.11. The van der Waals surface area contributed by atoms with Gasteiger partial charge in [-0.1, -0.05) is 13.8 Å². The molecule has 0 atom stereocenters. The Balaban J connectivity index is 1.83. The van der Waals surface area contributed by atoms with E-state index in [2.05, 4.69) is 5.32 Å². The van der Waals surface area contributed by atoms with Crippen LogP contribution in [-0.4, -0.2) is 29.8 Å². The average molecular weight is 436 g/mol. The topological polar surface area (TPSA) is 49.4 Å². The number of hydrogen-bond acceptors (Lipinski definition) is 2. The summed E-state index contributed by atoms with van der Waals surface area (Å²) in [4.78, 5) is 26.0. The standard InChI is InChI=1S/C23H24F4N2O2/c1-14-12-16(5-7-18(14)24)28-20(30)15-4-6-19(25)17(13-15)23(26,27)21(31)29-10-8-22(2,3)9-11-29/h4-7,12-13H,8-11H2,1-3H3,(H,28,30). The van der Waals surface area contributed by atoms with Gasteiger partial charge in [0, 0.05) is 24.3 Å². The van der Waals surface area contributed by atoms with Gasteiger partial charge in [-0.15, -0.1) is 0 Å². The SMILES string of the molecule is Cc1cc(NC(=O)c2ccc(F)c(C(F)(F)C(=O)N3CCC(C)(C)CC3)c2)ccc1F. The molecule has 0 aromatic heterocycles. The van der Waals surface area contributed by atoms with Crippen molar-refractivity contribution in [3.8, 4) is 0 Å². The molecule has 0 spiro atoms. The quantitative estimate of drug-likeness (QED) is 0.665. The number of piperidine rings is 1. The minimum Gasteiger partial charge on any atom is -0.337 e. The van der Waals surface area contributed by atoms with Crippen LogP contribution in [0.3, 0.4) is 0 Å². The number of likely N-dealkylation sites (tertiary alicyclic amines) is 1. The normalized spacial score (nSPS) is 16.2. The zero-order chi connectivity index (χ0) is 23.0. The number of amides is 2. The van der Waals surface area contributed by atoms with Crippen molar-refractivity contribution in [1.82, 2.24) is 4.90 Å². The van der Waals surface area contributed by atoms with Crippen molar-refractivity contribution in [2.75, 3.05) is 18.4 Å². The van der Waals surface area contributed by atoms with Crippen LogP contribution in [0.5, 0.6) is 0 Å². The number of rotatable bonds is 4. The Hall–Kier alpha value is -2.90. The lowest BCUT2D eigenvalue weighted by Gasteiger charge is -2.38. The van der Waals surface area contributed by atoms with E-state index in [1.54, 1.807) is 0 Å². The van der Waals surface area contributed by atoms with Gasteiger partial charge < -0.3 is 10.2 Å². The van der Waals surface area contributed by atoms with E-state index in [-0.39, 0.29) is 29.8 Å². The molecule has 0 unspecified atom stereocenters. The van der Waals surface area contributed by atoms with Crippen LogP contribution in [0.15, 0.2) is 36.4 Å². The van der Waals surface area contributed by atoms with E-state index in [0.717, 1.165) is 23.1 Å². The molecule has 2 aromatic carbocycles. The fourth-order valence-electron chi connectivity index (χ4n) is 3.46. The van der Waals surface area contributed by atoms with Crippen molar-refractivity contribution in [2.45, 2.75) is 39.5 Å². The molecule has 8 heteroatoms. The third-order valence-corrected chi connectivity index (χ3v) is 5.66. The molecular weight excluding hydrogens is 412 g/mol. The zero-order valence-corrected chi connectivity index (χ0v) is 17.6. The third-order valence-electron chi connectivity index (χ3n) is 5.66. The molecule has 1 fully saturated rings. The lowest BCUT2D eigenvalue weighted by atomic mass is 9.82. The van der Waals surface area contributed by atoms with Gasteiger partial charge in [0.2, 0.25) is 0 Å². The molecule has 2 amide bonds. The lowest BCUT2D eigenvalue weighted by Crippen LogP contribution is -2.47. The first kappa shape index (κ1) is 22.8. The fourth-order valence-corrected chi connectivity index (χ4v) is 3.46. The van der Waals surface area contributed by atoms with Crippen LogP contribution >= 0.6 is 0 Å². The van der Waals surface area contributed by atoms with Crippen LogP contribution < -0.4 is 5.32 Å². The third kappa shape index (κ3) is 4.89. The van der Waals surface area contributed by atoms with Crippen LogP contribution in [0.2, 0.25) is 0 Å². The molecule has 4 nitrogen and oxygen atoms in total. The summed E-state index contributed by atoms with van der Waals surface area (Å²) in [6.07, 6.45) is 1.13. The van der Waals surface area contributed by atoms with Gasteiger partial charge in [-0.3, -0.25) is 9.59 Å². The van der Waals surface area contributed by atoms with E-state index in [0.29, 0.717) is 24.5 Å². The second kappa shape index (κ2) is 8.32. The molecule has 31 heavy (non-hydrogen) atoms. The number of anilines is 1. The molecule has 0 saturated carbocycles. The van der Waals surface area contributed by atoms with Crippen LogP contribution in [-0.2, 0) is 10.7 Å². The minimum atomic E-state index is -4.12. The first-order chi connectivity index (χ1) is 14.4. The maximum Gasteiger partial charge on any atom is 0.352 e. The van der Waals surface area contributed by atoms with Crippen LogP contribution in [0.25, 0.3) is 0 Å². The molecule has 2 aromatic rings. The Labute approximate surface area is 178 Å². The van der Waals surface area contributed by atoms with Gasteiger partial charge in [0.15, 0.2) is 0 Å². The van der Waals surface area contributed by atoms with Crippen molar-refractivity contribution in [3.05, 3.63) is 64.7 Å². The van der Waals surface area contributed by atoms with Crippen LogP contribution in [0.4, 0.5) is 23.2 Å². The Kier molecular flexibility index (Phi) is 6.11. The Morgan fingerprint density at radius 2 is 1.61 bits per heavy atom. The molecule has 0 aliphatic carbocycles. The van der Waals surface area contributed by atoms with E-state index in [1.165, 1.54) is 19.1 Å². The van der Waals surface area contributed by atoms with Gasteiger partial charge in [-0.05, 0) is 67.1 Å². The Morgan fingerprint density at radius 3 is 2.23 bits per heavy atom. The molecule has 0 bridgehead atoms. The first-order valence-electron chi connectivity index (χ1n) is 9.95. The van der Waals surface area contributed by atoms with Gasteiger partial charge in [0.25, 0.3) is 11.8 Å². The summed E-state index contributed by atoms with van der Waals surface area (Å²) in [6, 6.07) is 6.34. The molecule has 1 saturated heterocycles. The number of carbonyl (C=O) groups excluding carboxylic acids is 2. The Bertz CT molecular complexity index is 1010. The molecule has 0 radical (unpaired) electrons. The summed E-state index contributed by atoms with van der Waals surface area (Å²) < 4.78 is 57.6. The second-order valence-electron chi connectivity index (χ2n) is 8.64. The summed E-state index contributed by atoms with van der Waals surface area (Å²) >= 11 is 0. The number of nitrogens with zero attached hydrogens (tertiary/aromatic N) is 1. The predicted octanol–water partition coefficient (Wildman–Crippen LogP) is 5.27. The number of hydrogen-bond donors (Lipinski definition) is 1. The van der Waals surface area contributed by atoms with Gasteiger partial charge in [0.05, 0.1) is 5.56 Å². The van der Waals surface area contributed by atoms with E-state index in [4.69, 9.17) is 0 Å². The highest BCUT2D eigenvalue weighted by Gasteiger charge is 2.47. The minimum absolute atomic E-state index is 0.0476. The van der Waals surface area contributed by atoms with Gasteiger partial charge in [-0.2, -0.15) is 8.78 Å². The summed E-state index contributed by atoms with van der Waals surface area (Å²) in [7, 11) is 0. The number of benzene rings is 2. The molecule has 166 valence electrons. The highest BCUT2D eigenvalue weighted by molar-refractivity contribution is 6.04. The molecule has 1 aliphatic rings. The first-order valence-corrected chi connectivity index (χ1v) is 9.95. The molecular formula is C23H24F4N2O2. The van der Waals surface area contributed by atoms with Gasteiger partial charge in [0.1, 0.15) is 11.6 Å². The van der Waals surface area contributed by atoms with Crippen LogP contribution in [0.1, 0.15) is 48.2 Å². The van der Waals surface area contributed by atoms with Crippen molar-refractivity contribution in [1.29, 1.82) is 0 Å².